The Balaban J connectivity index is 1.74. The molecule has 2 fully saturated rings. The Morgan fingerprint density at radius 1 is 1.10 bits per heavy atom. The molecule has 0 aliphatic heterocycles. The van der Waals surface area contributed by atoms with E-state index in [1.165, 1.54) is 6.08 Å². The maximum Gasteiger partial charge on any atom is 0.316 e. The highest BCUT2D eigenvalue weighted by Gasteiger charge is 2.58. The molecule has 1 aromatic rings. The van der Waals surface area contributed by atoms with Gasteiger partial charge in [-0.2, -0.15) is 0 Å². The molecule has 2 saturated carbocycles. The van der Waals surface area contributed by atoms with Crippen LogP contribution < -0.4 is 22.5 Å². The third kappa shape index (κ3) is 4.51. The highest BCUT2D eigenvalue weighted by Crippen LogP contribution is 2.51. The lowest BCUT2D eigenvalue weighted by Gasteiger charge is -2.27. The van der Waals surface area contributed by atoms with Crippen molar-refractivity contribution in [3.8, 4) is 0 Å². The molecule has 0 unspecified atom stereocenters. The van der Waals surface area contributed by atoms with Gasteiger partial charge >= 0.3 is 6.03 Å². The summed E-state index contributed by atoms with van der Waals surface area (Å²) < 4.78 is 25.4. The lowest BCUT2D eigenvalue weighted by Crippen LogP contribution is -2.39. The van der Waals surface area contributed by atoms with E-state index in [4.69, 9.17) is 17.2 Å². The first-order chi connectivity index (χ1) is 14.2. The Labute approximate surface area is 177 Å². The molecular weight excluding hydrogens is 402 g/mol. The second kappa shape index (κ2) is 8.51. The summed E-state index contributed by atoms with van der Waals surface area (Å²) >= 11 is 0. The van der Waals surface area contributed by atoms with E-state index >= 15 is 0 Å². The third-order valence-corrected chi connectivity index (χ3v) is 8.90. The molecule has 2 amide bonds. The largest absolute Gasteiger partial charge is 0.401 e. The van der Waals surface area contributed by atoms with Crippen molar-refractivity contribution < 1.29 is 13.2 Å². The molecule has 9 heteroatoms. The van der Waals surface area contributed by atoms with Crippen LogP contribution in [0, 0.1) is 0 Å². The van der Waals surface area contributed by atoms with E-state index in [1.54, 1.807) is 24.3 Å². The molecule has 0 atom stereocenters. The summed E-state index contributed by atoms with van der Waals surface area (Å²) in [6.45, 7) is 3.89. The smallest absolute Gasteiger partial charge is 0.316 e. The van der Waals surface area contributed by atoms with Crippen LogP contribution in [0.4, 0.5) is 10.5 Å². The first kappa shape index (κ1) is 21.9. The van der Waals surface area contributed by atoms with Gasteiger partial charge in [-0.25, -0.2) is 18.2 Å². The third-order valence-electron chi connectivity index (χ3n) is 5.82. The van der Waals surface area contributed by atoms with E-state index in [-0.39, 0.29) is 16.8 Å². The van der Waals surface area contributed by atoms with E-state index < -0.39 is 20.6 Å². The van der Waals surface area contributed by atoms with Gasteiger partial charge in [0.1, 0.15) is 10.6 Å². The molecule has 8 nitrogen and oxygen atoms in total. The Morgan fingerprint density at radius 2 is 1.70 bits per heavy atom. The molecule has 2 aliphatic rings. The number of urea groups is 1. The van der Waals surface area contributed by atoms with Crippen LogP contribution in [-0.4, -0.2) is 30.3 Å². The van der Waals surface area contributed by atoms with E-state index in [0.717, 1.165) is 19.3 Å². The summed E-state index contributed by atoms with van der Waals surface area (Å²) in [6.07, 6.45) is 6.89. The summed E-state index contributed by atoms with van der Waals surface area (Å²) in [6, 6.07) is 6.11. The van der Waals surface area contributed by atoms with Crippen LogP contribution in [0.2, 0.25) is 0 Å². The van der Waals surface area contributed by atoms with Crippen molar-refractivity contribution in [2.45, 2.75) is 54.9 Å². The minimum Gasteiger partial charge on any atom is -0.401 e. The first-order valence-corrected chi connectivity index (χ1v) is 11.6. The second-order valence-corrected chi connectivity index (χ2v) is 10.5. The zero-order valence-corrected chi connectivity index (χ0v) is 17.7. The molecule has 2 aliphatic carbocycles. The van der Waals surface area contributed by atoms with Gasteiger partial charge in [-0.1, -0.05) is 38.0 Å². The van der Waals surface area contributed by atoms with E-state index in [2.05, 4.69) is 16.9 Å². The molecule has 0 aromatic heterocycles. The SMILES string of the molecule is C=C(/N=C(N)\C=C(/N)C1(S(=O)(=O)C2CCCCC2)CC1)c1ccc(NC(N)=O)cc1. The van der Waals surface area contributed by atoms with Crippen molar-refractivity contribution in [3.05, 3.63) is 48.2 Å². The molecule has 7 N–H and O–H groups in total. The molecule has 0 bridgehead atoms. The number of amidine groups is 1. The number of rotatable bonds is 7. The van der Waals surface area contributed by atoms with Crippen LogP contribution in [-0.2, 0) is 9.84 Å². The van der Waals surface area contributed by atoms with Crippen molar-refractivity contribution in [1.82, 2.24) is 0 Å². The zero-order valence-electron chi connectivity index (χ0n) is 16.9. The standard InChI is InChI=1S/C21H29N5O3S/c1-14(15-7-9-16(10-8-15)26-20(24)27)25-19(23)13-18(22)21(11-12-21)30(28,29)17-5-3-2-4-6-17/h7-10,13,17H,1-6,11-12,22H2,(H2,23,25)(H3,24,26,27)/b18-13-. The monoisotopic (exact) mass is 431 g/mol. The fraction of sp³-hybridized carbons (Fsp3) is 0.429. The van der Waals surface area contributed by atoms with Gasteiger partial charge in [-0.05, 0) is 43.4 Å². The van der Waals surface area contributed by atoms with Gasteiger partial charge in [0.05, 0.1) is 10.9 Å². The van der Waals surface area contributed by atoms with Crippen LogP contribution in [0.5, 0.6) is 0 Å². The fourth-order valence-electron chi connectivity index (χ4n) is 3.98. The maximum atomic E-state index is 13.2. The second-order valence-electron chi connectivity index (χ2n) is 7.95. The van der Waals surface area contributed by atoms with E-state index in [9.17, 15) is 13.2 Å². The predicted molar refractivity (Wildman–Crippen MR) is 120 cm³/mol. The van der Waals surface area contributed by atoms with Gasteiger partial charge in [0.15, 0.2) is 9.84 Å². The Bertz CT molecular complexity index is 986. The number of carbonyl (C=O) groups excluding carboxylic acids is 1. The molecule has 3 rings (SSSR count). The summed E-state index contributed by atoms with van der Waals surface area (Å²) in [4.78, 5) is 15.1. The number of nitrogens with one attached hydrogen (secondary N) is 1. The van der Waals surface area contributed by atoms with Gasteiger partial charge in [0.25, 0.3) is 0 Å². The van der Waals surface area contributed by atoms with Crippen LogP contribution in [0.3, 0.4) is 0 Å². The van der Waals surface area contributed by atoms with Gasteiger partial charge in [0.2, 0.25) is 0 Å². The summed E-state index contributed by atoms with van der Waals surface area (Å²) in [5.41, 5.74) is 19.2. The number of aliphatic imine (C=N–C) groups is 1. The lowest BCUT2D eigenvalue weighted by atomic mass is 10.0. The van der Waals surface area contributed by atoms with Crippen molar-refractivity contribution in [2.24, 2.45) is 22.2 Å². The fourth-order valence-corrected chi connectivity index (χ4v) is 6.63. The van der Waals surface area contributed by atoms with Crippen LogP contribution >= 0.6 is 0 Å². The molecule has 162 valence electrons. The topological polar surface area (TPSA) is 154 Å². The van der Waals surface area contributed by atoms with Gasteiger partial charge < -0.3 is 22.5 Å². The number of hydrogen-bond acceptors (Lipinski definition) is 5. The number of sulfone groups is 1. The molecule has 0 radical (unpaired) electrons. The summed E-state index contributed by atoms with van der Waals surface area (Å²) in [7, 11) is -3.36. The number of primary amides is 1. The van der Waals surface area contributed by atoms with Crippen molar-refractivity contribution in [3.63, 3.8) is 0 Å². The molecule has 0 saturated heterocycles. The maximum absolute atomic E-state index is 13.2. The van der Waals surface area contributed by atoms with Gasteiger partial charge in [-0.3, -0.25) is 0 Å². The molecular formula is C21H29N5O3S. The van der Waals surface area contributed by atoms with Crippen LogP contribution in [0.15, 0.2) is 47.6 Å². The van der Waals surface area contributed by atoms with Gasteiger partial charge in [-0.15, -0.1) is 0 Å². The molecule has 30 heavy (non-hydrogen) atoms. The van der Waals surface area contributed by atoms with Gasteiger partial charge in [0, 0.05) is 17.5 Å². The quantitative estimate of drug-likeness (QED) is 0.386. The highest BCUT2D eigenvalue weighted by atomic mass is 32.2. The number of anilines is 1. The Morgan fingerprint density at radius 3 is 2.23 bits per heavy atom. The normalized spacial score (nSPS) is 19.9. The summed E-state index contributed by atoms with van der Waals surface area (Å²) in [5, 5.41) is 2.15. The number of nitrogens with zero attached hydrogens (tertiary/aromatic N) is 1. The van der Waals surface area contributed by atoms with Crippen LogP contribution in [0.1, 0.15) is 50.5 Å². The summed E-state index contributed by atoms with van der Waals surface area (Å²) in [5.74, 6) is 0.0990. The van der Waals surface area contributed by atoms with Crippen molar-refractivity contribution in [1.29, 1.82) is 0 Å². The minimum atomic E-state index is -3.36. The number of benzene rings is 1. The molecule has 0 spiro atoms. The number of carbonyl (C=O) groups is 1. The van der Waals surface area contributed by atoms with Crippen LogP contribution in [0.25, 0.3) is 5.70 Å². The Kier molecular flexibility index (Phi) is 6.21. The molecule has 0 heterocycles. The van der Waals surface area contributed by atoms with Crippen molar-refractivity contribution in [2.75, 3.05) is 5.32 Å². The van der Waals surface area contributed by atoms with E-state index in [1.807, 2.05) is 0 Å². The Hall–Kier alpha value is -2.81. The highest BCUT2D eigenvalue weighted by molar-refractivity contribution is 7.93. The number of amides is 2. The number of nitrogens with two attached hydrogens (primary N) is 3. The van der Waals surface area contributed by atoms with Crippen molar-refractivity contribution >= 4 is 33.1 Å². The predicted octanol–water partition coefficient (Wildman–Crippen LogP) is 2.63. The minimum absolute atomic E-state index is 0.0990. The lowest BCUT2D eigenvalue weighted by molar-refractivity contribution is 0.259. The first-order valence-electron chi connectivity index (χ1n) is 10.1. The van der Waals surface area contributed by atoms with E-state index in [0.29, 0.717) is 42.6 Å². The average Bonchev–Trinajstić information content (AvgIpc) is 3.51. The number of hydrogen-bond donors (Lipinski definition) is 4. The zero-order chi connectivity index (χ0) is 21.9. The average molecular weight is 432 g/mol. The molecule has 1 aromatic carbocycles.